The number of carboxylic acids is 1. The van der Waals surface area contributed by atoms with Crippen LogP contribution in [0.3, 0.4) is 0 Å². The van der Waals surface area contributed by atoms with E-state index in [9.17, 15) is 4.79 Å². The molecule has 142 valence electrons. The number of carboxylic acid groups (broad SMARTS) is 1. The van der Waals surface area contributed by atoms with Crippen molar-refractivity contribution < 1.29 is 28.8 Å². The van der Waals surface area contributed by atoms with Crippen LogP contribution in [-0.2, 0) is 30.3 Å². The predicted molar refractivity (Wildman–Crippen MR) is 94.6 cm³/mol. The maximum absolute atomic E-state index is 11.0. The van der Waals surface area contributed by atoms with Crippen molar-refractivity contribution in [2.45, 2.75) is 33.0 Å². The molecule has 0 amide bonds. The monoisotopic (exact) mass is 354 g/mol. The zero-order valence-electron chi connectivity index (χ0n) is 15.2. The van der Waals surface area contributed by atoms with E-state index in [2.05, 4.69) is 0 Å². The Kier molecular flexibility index (Phi) is 11.9. The molecule has 6 heteroatoms. The minimum atomic E-state index is -0.924. The fourth-order valence-corrected chi connectivity index (χ4v) is 2.12. The third-order valence-corrected chi connectivity index (χ3v) is 3.36. The van der Waals surface area contributed by atoms with Crippen molar-refractivity contribution in [1.82, 2.24) is 0 Å². The molecular weight excluding hydrogens is 324 g/mol. The zero-order chi connectivity index (χ0) is 18.3. The van der Waals surface area contributed by atoms with Gasteiger partial charge in [-0.2, -0.15) is 0 Å². The van der Waals surface area contributed by atoms with Crippen molar-refractivity contribution in [2.24, 2.45) is 5.92 Å². The summed E-state index contributed by atoms with van der Waals surface area (Å²) < 4.78 is 21.6. The first-order valence-corrected chi connectivity index (χ1v) is 8.71. The first-order chi connectivity index (χ1) is 12.1. The molecule has 1 aromatic rings. The molecule has 0 radical (unpaired) electrons. The maximum Gasteiger partial charge on any atom is 0.332 e. The van der Waals surface area contributed by atoms with Gasteiger partial charge in [-0.15, -0.1) is 0 Å². The molecular formula is C19H30O6. The second-order valence-electron chi connectivity index (χ2n) is 6.09. The highest BCUT2D eigenvalue weighted by Gasteiger charge is 2.18. The van der Waals surface area contributed by atoms with Gasteiger partial charge in [-0.05, 0) is 17.9 Å². The van der Waals surface area contributed by atoms with Crippen LogP contribution in [0.4, 0.5) is 0 Å². The summed E-state index contributed by atoms with van der Waals surface area (Å²) in [6, 6.07) is 9.99. The average molecular weight is 354 g/mol. The van der Waals surface area contributed by atoms with Gasteiger partial charge >= 0.3 is 5.97 Å². The summed E-state index contributed by atoms with van der Waals surface area (Å²) in [6.07, 6.45) is -0.261. The van der Waals surface area contributed by atoms with Gasteiger partial charge in [-0.25, -0.2) is 4.79 Å². The van der Waals surface area contributed by atoms with Gasteiger partial charge < -0.3 is 24.1 Å². The van der Waals surface area contributed by atoms with Gasteiger partial charge in [0.25, 0.3) is 0 Å². The van der Waals surface area contributed by atoms with E-state index in [4.69, 9.17) is 24.1 Å². The number of carbonyl (C=O) groups is 1. The van der Waals surface area contributed by atoms with Crippen LogP contribution in [-0.4, -0.2) is 56.8 Å². The molecule has 1 atom stereocenters. The van der Waals surface area contributed by atoms with Crippen LogP contribution in [0.2, 0.25) is 0 Å². The number of ether oxygens (including phenoxy) is 4. The molecule has 1 aromatic carbocycles. The minimum Gasteiger partial charge on any atom is -0.479 e. The topological polar surface area (TPSA) is 74.2 Å². The Morgan fingerprint density at radius 2 is 1.48 bits per heavy atom. The van der Waals surface area contributed by atoms with Gasteiger partial charge in [0.05, 0.1) is 46.2 Å². The molecule has 0 spiro atoms. The fraction of sp³-hybridized carbons (Fsp3) is 0.632. The van der Waals surface area contributed by atoms with Gasteiger partial charge in [-0.1, -0.05) is 44.2 Å². The van der Waals surface area contributed by atoms with Crippen molar-refractivity contribution in [3.05, 3.63) is 35.9 Å². The summed E-state index contributed by atoms with van der Waals surface area (Å²) in [5.41, 5.74) is 1.14. The second kappa shape index (κ2) is 13.8. The first-order valence-electron chi connectivity index (χ1n) is 8.71. The van der Waals surface area contributed by atoms with E-state index in [-0.39, 0.29) is 12.5 Å². The van der Waals surface area contributed by atoms with E-state index >= 15 is 0 Å². The standard InChI is InChI=1S/C19H30O6/c1-16(2)14-18(19(20)21)25-13-12-23-9-8-22-10-11-24-15-17-6-4-3-5-7-17/h3-7,16,18H,8-15H2,1-2H3,(H,20,21). The van der Waals surface area contributed by atoms with Crippen LogP contribution >= 0.6 is 0 Å². The van der Waals surface area contributed by atoms with Crippen LogP contribution in [0.15, 0.2) is 30.3 Å². The minimum absolute atomic E-state index is 0.268. The normalized spacial score (nSPS) is 12.4. The summed E-state index contributed by atoms with van der Waals surface area (Å²) in [6.45, 7) is 7.12. The zero-order valence-corrected chi connectivity index (χ0v) is 15.2. The lowest BCUT2D eigenvalue weighted by atomic mass is 10.1. The lowest BCUT2D eigenvalue weighted by molar-refractivity contribution is -0.152. The number of benzene rings is 1. The van der Waals surface area contributed by atoms with Crippen molar-refractivity contribution in [3.8, 4) is 0 Å². The summed E-state index contributed by atoms with van der Waals surface area (Å²) in [7, 11) is 0. The van der Waals surface area contributed by atoms with Crippen LogP contribution in [0.1, 0.15) is 25.8 Å². The number of hydrogen-bond acceptors (Lipinski definition) is 5. The molecule has 0 aliphatic heterocycles. The highest BCUT2D eigenvalue weighted by molar-refractivity contribution is 5.72. The third kappa shape index (κ3) is 11.7. The molecule has 0 fully saturated rings. The van der Waals surface area contributed by atoms with E-state index in [0.717, 1.165) is 5.56 Å². The molecule has 0 aromatic heterocycles. The Hall–Kier alpha value is -1.47. The molecule has 6 nitrogen and oxygen atoms in total. The van der Waals surface area contributed by atoms with Gasteiger partial charge in [0.15, 0.2) is 6.10 Å². The largest absolute Gasteiger partial charge is 0.479 e. The number of hydrogen-bond donors (Lipinski definition) is 1. The van der Waals surface area contributed by atoms with Crippen molar-refractivity contribution in [1.29, 1.82) is 0 Å². The van der Waals surface area contributed by atoms with Crippen LogP contribution < -0.4 is 0 Å². The molecule has 0 bridgehead atoms. The van der Waals surface area contributed by atoms with E-state index in [0.29, 0.717) is 46.1 Å². The highest BCUT2D eigenvalue weighted by atomic mass is 16.6. The quantitative estimate of drug-likeness (QED) is 0.488. The second-order valence-corrected chi connectivity index (χ2v) is 6.09. The average Bonchev–Trinajstić information content (AvgIpc) is 2.59. The van der Waals surface area contributed by atoms with Gasteiger partial charge in [0.2, 0.25) is 0 Å². The van der Waals surface area contributed by atoms with Crippen molar-refractivity contribution >= 4 is 5.97 Å². The van der Waals surface area contributed by atoms with Crippen LogP contribution in [0, 0.1) is 5.92 Å². The van der Waals surface area contributed by atoms with E-state index in [1.807, 2.05) is 44.2 Å². The maximum atomic E-state index is 11.0. The number of rotatable bonds is 15. The molecule has 1 N–H and O–H groups in total. The van der Waals surface area contributed by atoms with Crippen LogP contribution in [0.5, 0.6) is 0 Å². The Bertz CT molecular complexity index is 448. The van der Waals surface area contributed by atoms with Gasteiger partial charge in [0, 0.05) is 0 Å². The first kappa shape index (κ1) is 21.6. The SMILES string of the molecule is CC(C)CC(OCCOCCOCCOCc1ccccc1)C(=O)O. The summed E-state index contributed by atoms with van der Waals surface area (Å²) in [5, 5.41) is 9.04. The predicted octanol–water partition coefficient (Wildman–Crippen LogP) is 2.75. The molecule has 0 heterocycles. The van der Waals surface area contributed by atoms with Gasteiger partial charge in [-0.3, -0.25) is 0 Å². The molecule has 0 aliphatic rings. The number of aliphatic carboxylic acids is 1. The Morgan fingerprint density at radius 3 is 2.04 bits per heavy atom. The van der Waals surface area contributed by atoms with Crippen LogP contribution in [0.25, 0.3) is 0 Å². The molecule has 25 heavy (non-hydrogen) atoms. The van der Waals surface area contributed by atoms with Crippen molar-refractivity contribution in [3.63, 3.8) is 0 Å². The fourth-order valence-electron chi connectivity index (χ4n) is 2.12. The lowest BCUT2D eigenvalue weighted by Crippen LogP contribution is -2.27. The van der Waals surface area contributed by atoms with E-state index in [1.165, 1.54) is 0 Å². The Morgan fingerprint density at radius 1 is 0.920 bits per heavy atom. The summed E-state index contributed by atoms with van der Waals surface area (Å²) >= 11 is 0. The molecule has 0 saturated carbocycles. The van der Waals surface area contributed by atoms with E-state index in [1.54, 1.807) is 0 Å². The smallest absolute Gasteiger partial charge is 0.332 e. The molecule has 1 unspecified atom stereocenters. The van der Waals surface area contributed by atoms with Gasteiger partial charge in [0.1, 0.15) is 0 Å². The third-order valence-electron chi connectivity index (χ3n) is 3.36. The molecule has 0 aliphatic carbocycles. The lowest BCUT2D eigenvalue weighted by Gasteiger charge is -2.15. The Balaban J connectivity index is 1.89. The molecule has 1 rings (SSSR count). The molecule has 0 saturated heterocycles. The van der Waals surface area contributed by atoms with E-state index < -0.39 is 12.1 Å². The summed E-state index contributed by atoms with van der Waals surface area (Å²) in [4.78, 5) is 11.0. The summed E-state index contributed by atoms with van der Waals surface area (Å²) in [5.74, 6) is -0.646. The highest BCUT2D eigenvalue weighted by Crippen LogP contribution is 2.08. The Labute approximate surface area is 150 Å². The van der Waals surface area contributed by atoms with Crippen molar-refractivity contribution in [2.75, 3.05) is 39.6 Å².